The molecule has 1 aromatic rings. The van der Waals surface area contributed by atoms with Crippen LogP contribution in [0.4, 0.5) is 0 Å². The molecule has 0 aromatic carbocycles. The zero-order valence-corrected chi connectivity index (χ0v) is 9.25. The van der Waals surface area contributed by atoms with Gasteiger partial charge >= 0.3 is 0 Å². The molecule has 0 spiro atoms. The maximum atomic E-state index is 5.17. The van der Waals surface area contributed by atoms with Gasteiger partial charge in [-0.05, 0) is 19.0 Å². The van der Waals surface area contributed by atoms with Gasteiger partial charge in [-0.3, -0.25) is 4.98 Å². The molecule has 0 radical (unpaired) electrons. The van der Waals surface area contributed by atoms with Crippen molar-refractivity contribution in [1.29, 1.82) is 0 Å². The van der Waals surface area contributed by atoms with Gasteiger partial charge in [0.1, 0.15) is 7.85 Å². The van der Waals surface area contributed by atoms with Crippen LogP contribution in [0.25, 0.3) is 0 Å². The first-order valence-electron chi connectivity index (χ1n) is 4.66. The number of ether oxygens (including phenoxy) is 1. The fraction of sp³-hybridized carbons (Fsp3) is 0.444. The average Bonchev–Trinajstić information content (AvgIpc) is 2.87. The minimum Gasteiger partial charge on any atom is -0.372 e. The van der Waals surface area contributed by atoms with Crippen LogP contribution in [0.5, 0.6) is 0 Å². The number of epoxide rings is 1. The molecule has 0 unspecified atom stereocenters. The number of nitrogens with zero attached hydrogens (tertiary/aromatic N) is 2. The van der Waals surface area contributed by atoms with Crippen molar-refractivity contribution in [1.82, 2.24) is 9.29 Å². The highest BCUT2D eigenvalue weighted by molar-refractivity contribution is 7.97. The van der Waals surface area contributed by atoms with E-state index in [1.807, 2.05) is 12.4 Å². The molecule has 0 aliphatic carbocycles. The van der Waals surface area contributed by atoms with E-state index in [2.05, 4.69) is 30.2 Å². The van der Waals surface area contributed by atoms with Crippen LogP contribution in [0.2, 0.25) is 0 Å². The third-order valence-corrected chi connectivity index (χ3v) is 2.87. The van der Waals surface area contributed by atoms with Crippen LogP contribution in [0.15, 0.2) is 23.4 Å². The molecule has 1 aromatic heterocycles. The Morgan fingerprint density at radius 1 is 1.71 bits per heavy atom. The molecule has 1 atom stereocenters. The Labute approximate surface area is 89.4 Å². The van der Waals surface area contributed by atoms with Crippen LogP contribution in [-0.2, 0) is 4.74 Å². The fourth-order valence-corrected chi connectivity index (χ4v) is 2.20. The summed E-state index contributed by atoms with van der Waals surface area (Å²) in [5.41, 5.74) is 1.20. The highest BCUT2D eigenvalue weighted by atomic mass is 32.2. The normalized spacial score (nSPS) is 20.0. The molecule has 0 saturated carbocycles. The topological polar surface area (TPSA) is 28.7 Å². The highest BCUT2D eigenvalue weighted by Crippen LogP contribution is 2.21. The first-order chi connectivity index (χ1) is 6.74. The quantitative estimate of drug-likeness (QED) is 0.385. The molecule has 2 rings (SSSR count). The molecule has 1 aliphatic rings. The van der Waals surface area contributed by atoms with Crippen molar-refractivity contribution in [2.75, 3.05) is 20.2 Å². The van der Waals surface area contributed by atoms with Crippen LogP contribution in [0.3, 0.4) is 0 Å². The summed E-state index contributed by atoms with van der Waals surface area (Å²) in [5.74, 6) is 0. The van der Waals surface area contributed by atoms with Gasteiger partial charge in [0.15, 0.2) is 0 Å². The molecule has 0 amide bonds. The van der Waals surface area contributed by atoms with Gasteiger partial charge < -0.3 is 4.74 Å². The second-order valence-corrected chi connectivity index (χ2v) is 4.83. The lowest BCUT2D eigenvalue weighted by molar-refractivity contribution is 0.373. The van der Waals surface area contributed by atoms with Gasteiger partial charge in [0.2, 0.25) is 0 Å². The summed E-state index contributed by atoms with van der Waals surface area (Å²) in [6.07, 6.45) is 4.21. The lowest BCUT2D eigenvalue weighted by Crippen LogP contribution is -2.16. The maximum absolute atomic E-state index is 5.17. The molecule has 0 N–H and O–H groups in total. The fourth-order valence-electron chi connectivity index (χ4n) is 1.25. The summed E-state index contributed by atoms with van der Waals surface area (Å²) in [6.45, 7) is 1.90. The van der Waals surface area contributed by atoms with Crippen LogP contribution < -0.4 is 5.46 Å². The van der Waals surface area contributed by atoms with Crippen molar-refractivity contribution in [2.24, 2.45) is 0 Å². The van der Waals surface area contributed by atoms with Crippen molar-refractivity contribution < 1.29 is 4.74 Å². The summed E-state index contributed by atoms with van der Waals surface area (Å²) in [6, 6.07) is 2.14. The molecular weight excluding hydrogens is 195 g/mol. The Balaban J connectivity index is 1.88. The van der Waals surface area contributed by atoms with Gasteiger partial charge in [0.05, 0.1) is 12.7 Å². The van der Waals surface area contributed by atoms with Crippen LogP contribution in [0, 0.1) is 0 Å². The number of likely N-dealkylation sites (N-methyl/N-ethyl adjacent to an activating group) is 1. The lowest BCUT2D eigenvalue weighted by atomic mass is 9.99. The molecule has 1 aliphatic heterocycles. The number of hydrogen-bond acceptors (Lipinski definition) is 4. The summed E-state index contributed by atoms with van der Waals surface area (Å²) in [7, 11) is 4.13. The minimum atomic E-state index is 0.449. The van der Waals surface area contributed by atoms with Gasteiger partial charge in [-0.25, -0.2) is 4.31 Å². The predicted molar refractivity (Wildman–Crippen MR) is 60.6 cm³/mol. The van der Waals surface area contributed by atoms with E-state index >= 15 is 0 Å². The Bertz CT molecular complexity index is 319. The van der Waals surface area contributed by atoms with Gasteiger partial charge in [0.25, 0.3) is 0 Å². The molecule has 0 bridgehead atoms. The van der Waals surface area contributed by atoms with Crippen molar-refractivity contribution in [2.45, 2.75) is 11.0 Å². The number of aromatic nitrogens is 1. The van der Waals surface area contributed by atoms with E-state index in [0.717, 1.165) is 13.2 Å². The molecule has 1 fully saturated rings. The van der Waals surface area contributed by atoms with Crippen molar-refractivity contribution in [3.05, 3.63) is 18.5 Å². The lowest BCUT2D eigenvalue weighted by Gasteiger charge is -2.13. The van der Waals surface area contributed by atoms with Crippen molar-refractivity contribution in [3.63, 3.8) is 0 Å². The molecule has 1 saturated heterocycles. The molecule has 74 valence electrons. The smallest absolute Gasteiger partial charge is 0.141 e. The van der Waals surface area contributed by atoms with Crippen molar-refractivity contribution in [3.8, 4) is 0 Å². The van der Waals surface area contributed by atoms with Crippen LogP contribution in [0.1, 0.15) is 0 Å². The molecule has 3 nitrogen and oxygen atoms in total. The van der Waals surface area contributed by atoms with Crippen molar-refractivity contribution >= 4 is 25.3 Å². The number of pyridine rings is 1. The summed E-state index contributed by atoms with van der Waals surface area (Å²) < 4.78 is 7.36. The maximum Gasteiger partial charge on any atom is 0.141 e. The van der Waals surface area contributed by atoms with E-state index in [9.17, 15) is 0 Å². The largest absolute Gasteiger partial charge is 0.372 e. The Morgan fingerprint density at radius 2 is 2.50 bits per heavy atom. The van der Waals surface area contributed by atoms with E-state index in [0.29, 0.717) is 6.10 Å². The zero-order chi connectivity index (χ0) is 9.97. The van der Waals surface area contributed by atoms with E-state index in [1.165, 1.54) is 10.4 Å². The number of rotatable bonds is 4. The van der Waals surface area contributed by atoms with Crippen LogP contribution >= 0.6 is 11.9 Å². The SMILES string of the molecule is Bc1cncc(SN(C)C[C@H]2CO2)c1. The van der Waals surface area contributed by atoms with E-state index < -0.39 is 0 Å². The predicted octanol–water partition coefficient (Wildman–Crippen LogP) is -0.322. The molecule has 14 heavy (non-hydrogen) atoms. The summed E-state index contributed by atoms with van der Waals surface area (Å²) in [5, 5.41) is 0. The zero-order valence-electron chi connectivity index (χ0n) is 8.43. The third kappa shape index (κ3) is 3.01. The van der Waals surface area contributed by atoms with Gasteiger partial charge in [-0.15, -0.1) is 0 Å². The third-order valence-electron chi connectivity index (χ3n) is 1.97. The van der Waals surface area contributed by atoms with Gasteiger partial charge in [0, 0.05) is 23.8 Å². The summed E-state index contributed by atoms with van der Waals surface area (Å²) >= 11 is 1.72. The van der Waals surface area contributed by atoms with E-state index in [-0.39, 0.29) is 0 Å². The van der Waals surface area contributed by atoms with Crippen LogP contribution in [-0.4, -0.2) is 43.4 Å². The minimum absolute atomic E-state index is 0.449. The first-order valence-corrected chi connectivity index (χ1v) is 5.44. The monoisotopic (exact) mass is 208 g/mol. The summed E-state index contributed by atoms with van der Waals surface area (Å²) in [4.78, 5) is 5.34. The molecule has 2 heterocycles. The Morgan fingerprint density at radius 3 is 3.14 bits per heavy atom. The Kier molecular flexibility index (Phi) is 3.10. The standard InChI is InChI=1S/C9H13BN2OS/c1-12(5-8-6-13-8)14-9-2-7(10)3-11-4-9/h2-4,8H,5-6,10H2,1H3/t8-/m0/s1. The Hall–Kier alpha value is -0.515. The molecular formula is C9H13BN2OS. The van der Waals surface area contributed by atoms with Gasteiger partial charge in [-0.1, -0.05) is 11.5 Å². The molecule has 5 heteroatoms. The number of hydrogen-bond donors (Lipinski definition) is 0. The second-order valence-electron chi connectivity index (χ2n) is 3.56. The highest BCUT2D eigenvalue weighted by Gasteiger charge is 2.24. The van der Waals surface area contributed by atoms with E-state index in [4.69, 9.17) is 4.74 Å². The van der Waals surface area contributed by atoms with Gasteiger partial charge in [-0.2, -0.15) is 0 Å². The second kappa shape index (κ2) is 4.34. The van der Waals surface area contributed by atoms with E-state index in [1.54, 1.807) is 11.9 Å². The first kappa shape index (κ1) is 10.0. The average molecular weight is 208 g/mol.